The molecule has 0 aliphatic carbocycles. The van der Waals surface area contributed by atoms with E-state index in [1.807, 2.05) is 0 Å². The summed E-state index contributed by atoms with van der Waals surface area (Å²) in [5.74, 6) is 0.299. The molecule has 0 radical (unpaired) electrons. The molecule has 1 saturated heterocycles. The van der Waals surface area contributed by atoms with Gasteiger partial charge >= 0.3 is 0 Å². The first kappa shape index (κ1) is 11.6. The maximum atomic E-state index is 10.4. The van der Waals surface area contributed by atoms with Gasteiger partial charge in [0.1, 0.15) is 6.29 Å². The van der Waals surface area contributed by atoms with Gasteiger partial charge in [-0.1, -0.05) is 6.42 Å². The van der Waals surface area contributed by atoms with Crippen molar-refractivity contribution in [3.05, 3.63) is 0 Å². The standard InChI is InChI=1S/C8H15NO.CH5N/c1-9-5-3-2-4-8(6-9)7-10;1-2/h7-8H,2-6H2,1H3;2H2,1H3. The molecule has 1 atom stereocenters. The van der Waals surface area contributed by atoms with Crippen molar-refractivity contribution in [3.63, 3.8) is 0 Å². The van der Waals surface area contributed by atoms with Crippen LogP contribution >= 0.6 is 0 Å². The first-order chi connectivity index (χ1) is 5.83. The molecule has 12 heavy (non-hydrogen) atoms. The number of aldehydes is 1. The van der Waals surface area contributed by atoms with Crippen molar-refractivity contribution >= 4 is 6.29 Å². The molecule has 0 saturated carbocycles. The summed E-state index contributed by atoms with van der Waals surface area (Å²) >= 11 is 0. The Bertz CT molecular complexity index is 117. The van der Waals surface area contributed by atoms with E-state index in [1.54, 1.807) is 0 Å². The molecule has 3 nitrogen and oxygen atoms in total. The van der Waals surface area contributed by atoms with Gasteiger partial charge in [0.15, 0.2) is 0 Å². The fourth-order valence-electron chi connectivity index (χ4n) is 1.48. The van der Waals surface area contributed by atoms with Gasteiger partial charge in [-0.2, -0.15) is 0 Å². The van der Waals surface area contributed by atoms with Crippen LogP contribution < -0.4 is 5.73 Å². The quantitative estimate of drug-likeness (QED) is 0.586. The van der Waals surface area contributed by atoms with Crippen molar-refractivity contribution in [3.8, 4) is 0 Å². The fourth-order valence-corrected chi connectivity index (χ4v) is 1.48. The van der Waals surface area contributed by atoms with Crippen molar-refractivity contribution in [1.82, 2.24) is 4.90 Å². The van der Waals surface area contributed by atoms with Crippen molar-refractivity contribution in [2.75, 3.05) is 27.2 Å². The lowest BCUT2D eigenvalue weighted by Gasteiger charge is -2.14. The average molecular weight is 172 g/mol. The Hall–Kier alpha value is -0.410. The Morgan fingerprint density at radius 3 is 2.67 bits per heavy atom. The summed E-state index contributed by atoms with van der Waals surface area (Å²) in [6.07, 6.45) is 4.66. The molecule has 1 aliphatic rings. The van der Waals surface area contributed by atoms with Gasteiger partial charge in [0.2, 0.25) is 0 Å². The van der Waals surface area contributed by atoms with E-state index in [9.17, 15) is 4.79 Å². The van der Waals surface area contributed by atoms with Crippen LogP contribution in [-0.2, 0) is 4.79 Å². The highest BCUT2D eigenvalue weighted by molar-refractivity contribution is 5.53. The van der Waals surface area contributed by atoms with Crippen molar-refractivity contribution in [2.45, 2.75) is 19.3 Å². The molecule has 1 unspecified atom stereocenters. The van der Waals surface area contributed by atoms with Crippen LogP contribution in [0.3, 0.4) is 0 Å². The molecule has 0 amide bonds. The van der Waals surface area contributed by atoms with Gasteiger partial charge in [0.05, 0.1) is 0 Å². The van der Waals surface area contributed by atoms with Crippen LogP contribution in [0.4, 0.5) is 0 Å². The SMILES string of the molecule is CN.CN1CCCCC(C=O)C1. The van der Waals surface area contributed by atoms with Crippen LogP contribution in [-0.4, -0.2) is 38.4 Å². The minimum Gasteiger partial charge on any atom is -0.333 e. The minimum atomic E-state index is 0.299. The molecule has 1 fully saturated rings. The topological polar surface area (TPSA) is 46.3 Å². The first-order valence-corrected chi connectivity index (χ1v) is 4.54. The normalized spacial score (nSPS) is 25.1. The number of rotatable bonds is 1. The number of hydrogen-bond donors (Lipinski definition) is 1. The van der Waals surface area contributed by atoms with Gasteiger partial charge < -0.3 is 15.4 Å². The van der Waals surface area contributed by atoms with Crippen LogP contribution in [0.15, 0.2) is 0 Å². The Labute approximate surface area is 74.9 Å². The molecule has 0 aromatic heterocycles. The molecule has 1 rings (SSSR count). The zero-order valence-corrected chi connectivity index (χ0v) is 8.12. The van der Waals surface area contributed by atoms with Gasteiger partial charge in [-0.05, 0) is 33.5 Å². The van der Waals surface area contributed by atoms with Crippen LogP contribution in [0.1, 0.15) is 19.3 Å². The zero-order chi connectivity index (χ0) is 9.40. The molecule has 72 valence electrons. The summed E-state index contributed by atoms with van der Waals surface area (Å²) in [7, 11) is 3.59. The van der Waals surface area contributed by atoms with Gasteiger partial charge in [-0.3, -0.25) is 0 Å². The lowest BCUT2D eigenvalue weighted by Crippen LogP contribution is -2.24. The average Bonchev–Trinajstić information content (AvgIpc) is 2.33. The summed E-state index contributed by atoms with van der Waals surface area (Å²) in [6.45, 7) is 2.12. The van der Waals surface area contributed by atoms with E-state index >= 15 is 0 Å². The summed E-state index contributed by atoms with van der Waals surface area (Å²) in [5, 5.41) is 0. The third-order valence-corrected chi connectivity index (χ3v) is 2.10. The van der Waals surface area contributed by atoms with E-state index in [1.165, 1.54) is 19.9 Å². The number of carbonyl (C=O) groups excluding carboxylic acids is 1. The monoisotopic (exact) mass is 172 g/mol. The second-order valence-electron chi connectivity index (χ2n) is 3.15. The number of nitrogens with zero attached hydrogens (tertiary/aromatic N) is 1. The van der Waals surface area contributed by atoms with Crippen LogP contribution in [0.5, 0.6) is 0 Å². The maximum absolute atomic E-state index is 10.4. The Morgan fingerprint density at radius 1 is 1.42 bits per heavy atom. The molecule has 0 bridgehead atoms. The van der Waals surface area contributed by atoms with E-state index < -0.39 is 0 Å². The Kier molecular flexibility index (Phi) is 7.00. The molecule has 1 heterocycles. The fraction of sp³-hybridized carbons (Fsp3) is 0.889. The molecule has 0 spiro atoms. The molecule has 0 aromatic carbocycles. The van der Waals surface area contributed by atoms with E-state index in [0.29, 0.717) is 5.92 Å². The van der Waals surface area contributed by atoms with E-state index in [-0.39, 0.29) is 0 Å². The van der Waals surface area contributed by atoms with Crippen molar-refractivity contribution in [2.24, 2.45) is 11.7 Å². The molecular weight excluding hydrogens is 152 g/mol. The lowest BCUT2D eigenvalue weighted by atomic mass is 10.1. The summed E-state index contributed by atoms with van der Waals surface area (Å²) in [6, 6.07) is 0. The largest absolute Gasteiger partial charge is 0.333 e. The molecular formula is C9H20N2O. The Morgan fingerprint density at radius 2 is 2.08 bits per heavy atom. The second kappa shape index (κ2) is 7.25. The van der Waals surface area contributed by atoms with Crippen LogP contribution in [0.25, 0.3) is 0 Å². The number of hydrogen-bond acceptors (Lipinski definition) is 3. The number of carbonyl (C=O) groups is 1. The third kappa shape index (κ3) is 4.46. The zero-order valence-electron chi connectivity index (χ0n) is 8.12. The van der Waals surface area contributed by atoms with Crippen molar-refractivity contribution in [1.29, 1.82) is 0 Å². The minimum absolute atomic E-state index is 0.299. The number of likely N-dealkylation sites (tertiary alicyclic amines) is 1. The third-order valence-electron chi connectivity index (χ3n) is 2.10. The number of nitrogens with two attached hydrogens (primary N) is 1. The van der Waals surface area contributed by atoms with E-state index in [2.05, 4.69) is 17.7 Å². The molecule has 2 N–H and O–H groups in total. The highest BCUT2D eigenvalue weighted by atomic mass is 16.1. The Balaban J connectivity index is 0.000000561. The molecule has 1 aliphatic heterocycles. The second-order valence-corrected chi connectivity index (χ2v) is 3.15. The van der Waals surface area contributed by atoms with E-state index in [0.717, 1.165) is 25.8 Å². The predicted molar refractivity (Wildman–Crippen MR) is 51.0 cm³/mol. The lowest BCUT2D eigenvalue weighted by molar-refractivity contribution is -0.111. The summed E-state index contributed by atoms with van der Waals surface area (Å²) < 4.78 is 0. The van der Waals surface area contributed by atoms with Gasteiger partial charge in [-0.25, -0.2) is 0 Å². The highest BCUT2D eigenvalue weighted by Gasteiger charge is 2.13. The van der Waals surface area contributed by atoms with E-state index in [4.69, 9.17) is 0 Å². The molecule has 3 heteroatoms. The first-order valence-electron chi connectivity index (χ1n) is 4.54. The van der Waals surface area contributed by atoms with Crippen LogP contribution in [0, 0.1) is 5.92 Å². The van der Waals surface area contributed by atoms with Crippen molar-refractivity contribution < 1.29 is 4.79 Å². The molecule has 0 aromatic rings. The van der Waals surface area contributed by atoms with Gasteiger partial charge in [0, 0.05) is 12.5 Å². The predicted octanol–water partition coefficient (Wildman–Crippen LogP) is 0.492. The smallest absolute Gasteiger partial charge is 0.124 e. The van der Waals surface area contributed by atoms with Gasteiger partial charge in [-0.15, -0.1) is 0 Å². The van der Waals surface area contributed by atoms with Crippen LogP contribution in [0.2, 0.25) is 0 Å². The summed E-state index contributed by atoms with van der Waals surface area (Å²) in [4.78, 5) is 12.7. The highest BCUT2D eigenvalue weighted by Crippen LogP contribution is 2.12. The van der Waals surface area contributed by atoms with Gasteiger partial charge in [0.25, 0.3) is 0 Å². The maximum Gasteiger partial charge on any atom is 0.124 e. The summed E-state index contributed by atoms with van der Waals surface area (Å²) in [5.41, 5.74) is 4.50.